The molecule has 5 nitrogen and oxygen atoms in total. The largest absolute Gasteiger partial charge is 0.304 e. The van der Waals surface area contributed by atoms with E-state index < -0.39 is 4.92 Å². The van der Waals surface area contributed by atoms with E-state index in [4.69, 9.17) is 11.6 Å². The molecule has 0 aromatic heterocycles. The third-order valence-electron chi connectivity index (χ3n) is 3.22. The Morgan fingerprint density at radius 2 is 2.21 bits per heavy atom. The quantitative estimate of drug-likeness (QED) is 0.469. The lowest BCUT2D eigenvalue weighted by Gasteiger charge is -2.19. The van der Waals surface area contributed by atoms with E-state index in [2.05, 4.69) is 15.9 Å². The lowest BCUT2D eigenvalue weighted by molar-refractivity contribution is -0.384. The number of hydrogen-bond donors (Lipinski definition) is 0. The second kappa shape index (κ2) is 4.76. The Kier molecular flexibility index (Phi) is 3.57. The molecule has 102 valence electrons. The van der Waals surface area contributed by atoms with Crippen LogP contribution in [0.15, 0.2) is 16.6 Å². The number of hydrogen-bond acceptors (Lipinski definition) is 3. The van der Waals surface area contributed by atoms with Crippen molar-refractivity contribution in [3.05, 3.63) is 32.3 Å². The minimum atomic E-state index is -0.473. The molecule has 2 rings (SSSR count). The highest BCUT2D eigenvalue weighted by atomic mass is 79.9. The third-order valence-corrected chi connectivity index (χ3v) is 3.91. The van der Waals surface area contributed by atoms with Gasteiger partial charge in [0.2, 0.25) is 5.91 Å². The molecule has 1 amide bonds. The molecule has 0 fully saturated rings. The minimum absolute atomic E-state index is 0.0755. The van der Waals surface area contributed by atoms with E-state index in [-0.39, 0.29) is 22.9 Å². The Bertz CT molecular complexity index is 574. The molecule has 0 saturated heterocycles. The van der Waals surface area contributed by atoms with Crippen molar-refractivity contribution in [2.24, 2.45) is 0 Å². The first-order valence-corrected chi connectivity index (χ1v) is 6.95. The first-order chi connectivity index (χ1) is 8.77. The van der Waals surface area contributed by atoms with Crippen molar-refractivity contribution in [2.75, 3.05) is 17.3 Å². The minimum Gasteiger partial charge on any atom is -0.304 e. The average molecular weight is 348 g/mol. The summed E-state index contributed by atoms with van der Waals surface area (Å²) < 4.78 is 0.631. The van der Waals surface area contributed by atoms with Gasteiger partial charge in [-0.2, -0.15) is 0 Å². The number of carbonyl (C=O) groups is 1. The van der Waals surface area contributed by atoms with Gasteiger partial charge in [-0.15, -0.1) is 11.6 Å². The zero-order valence-electron chi connectivity index (χ0n) is 10.4. The molecule has 19 heavy (non-hydrogen) atoms. The SMILES string of the molecule is CC1(C)CN(C(=O)CCl)c2c([N+](=O)[O-])cc(Br)cc21. The molecule has 1 aliphatic heterocycles. The Morgan fingerprint density at radius 3 is 2.74 bits per heavy atom. The van der Waals surface area contributed by atoms with Gasteiger partial charge >= 0.3 is 0 Å². The summed E-state index contributed by atoms with van der Waals surface area (Å²) in [6.07, 6.45) is 0. The molecular weight excluding hydrogens is 336 g/mol. The maximum absolute atomic E-state index is 11.9. The Labute approximate surface area is 123 Å². The summed E-state index contributed by atoms with van der Waals surface area (Å²) in [5.41, 5.74) is 0.732. The molecule has 0 bridgehead atoms. The molecular formula is C12H12BrClN2O3. The molecule has 0 radical (unpaired) electrons. The molecule has 0 atom stereocenters. The fourth-order valence-electron chi connectivity index (χ4n) is 2.37. The van der Waals surface area contributed by atoms with Crippen LogP contribution in [0.1, 0.15) is 19.4 Å². The summed E-state index contributed by atoms with van der Waals surface area (Å²) >= 11 is 8.86. The summed E-state index contributed by atoms with van der Waals surface area (Å²) in [5.74, 6) is -0.512. The van der Waals surface area contributed by atoms with Crippen LogP contribution in [0.5, 0.6) is 0 Å². The number of benzene rings is 1. The van der Waals surface area contributed by atoms with Crippen LogP contribution in [-0.2, 0) is 10.2 Å². The summed E-state index contributed by atoms with van der Waals surface area (Å²) in [6, 6.07) is 3.23. The van der Waals surface area contributed by atoms with E-state index in [1.165, 1.54) is 11.0 Å². The van der Waals surface area contributed by atoms with Crippen LogP contribution in [0.2, 0.25) is 0 Å². The molecule has 0 aliphatic carbocycles. The van der Waals surface area contributed by atoms with Gasteiger partial charge in [0.25, 0.3) is 5.69 Å². The van der Waals surface area contributed by atoms with Gasteiger partial charge in [-0.05, 0) is 11.6 Å². The maximum atomic E-state index is 11.9. The van der Waals surface area contributed by atoms with Gasteiger partial charge in [0.15, 0.2) is 0 Å². The average Bonchev–Trinajstić information content (AvgIpc) is 2.59. The molecule has 1 aliphatic rings. The summed E-state index contributed by atoms with van der Waals surface area (Å²) in [6.45, 7) is 4.29. The smallest absolute Gasteiger partial charge is 0.294 e. The number of nitro groups is 1. The molecule has 7 heteroatoms. The molecule has 1 aromatic rings. The van der Waals surface area contributed by atoms with Gasteiger partial charge in [-0.25, -0.2) is 0 Å². The summed E-state index contributed by atoms with van der Waals surface area (Å²) in [7, 11) is 0. The van der Waals surface area contributed by atoms with Crippen molar-refractivity contribution in [1.82, 2.24) is 0 Å². The Hall–Kier alpha value is -1.14. The topological polar surface area (TPSA) is 63.5 Å². The fourth-order valence-corrected chi connectivity index (χ4v) is 2.96. The van der Waals surface area contributed by atoms with Gasteiger partial charge in [0, 0.05) is 22.5 Å². The van der Waals surface area contributed by atoms with Crippen LogP contribution < -0.4 is 4.90 Å². The zero-order chi connectivity index (χ0) is 14.4. The number of fused-ring (bicyclic) bond motifs is 1. The van der Waals surface area contributed by atoms with Crippen LogP contribution >= 0.6 is 27.5 Å². The maximum Gasteiger partial charge on any atom is 0.294 e. The van der Waals surface area contributed by atoms with Crippen LogP contribution in [-0.4, -0.2) is 23.3 Å². The van der Waals surface area contributed by atoms with Crippen molar-refractivity contribution in [3.63, 3.8) is 0 Å². The van der Waals surface area contributed by atoms with Gasteiger partial charge < -0.3 is 4.90 Å². The van der Waals surface area contributed by atoms with E-state index in [1.54, 1.807) is 0 Å². The van der Waals surface area contributed by atoms with Crippen LogP contribution in [0.4, 0.5) is 11.4 Å². The predicted octanol–water partition coefficient (Wildman–Crippen LogP) is 3.22. The molecule has 0 N–H and O–H groups in total. The van der Waals surface area contributed by atoms with Crippen molar-refractivity contribution in [1.29, 1.82) is 0 Å². The van der Waals surface area contributed by atoms with Gasteiger partial charge in [0.05, 0.1) is 4.92 Å². The predicted molar refractivity (Wildman–Crippen MR) is 76.9 cm³/mol. The van der Waals surface area contributed by atoms with Crippen LogP contribution in [0.3, 0.4) is 0 Å². The van der Waals surface area contributed by atoms with E-state index >= 15 is 0 Å². The van der Waals surface area contributed by atoms with Crippen LogP contribution in [0.25, 0.3) is 0 Å². The number of amides is 1. The van der Waals surface area contributed by atoms with Gasteiger partial charge in [-0.3, -0.25) is 14.9 Å². The second-order valence-electron chi connectivity index (χ2n) is 5.08. The molecule has 0 spiro atoms. The lowest BCUT2D eigenvalue weighted by Crippen LogP contribution is -2.34. The highest BCUT2D eigenvalue weighted by molar-refractivity contribution is 9.10. The van der Waals surface area contributed by atoms with Crippen LogP contribution in [0, 0.1) is 10.1 Å². The number of carbonyl (C=O) groups excluding carboxylic acids is 1. The van der Waals surface area contributed by atoms with Crippen molar-refractivity contribution >= 4 is 44.8 Å². The number of rotatable bonds is 2. The van der Waals surface area contributed by atoms with E-state index in [9.17, 15) is 14.9 Å². The molecule has 0 saturated carbocycles. The fraction of sp³-hybridized carbons (Fsp3) is 0.417. The summed E-state index contributed by atoms with van der Waals surface area (Å²) in [5, 5.41) is 11.2. The number of anilines is 1. The number of nitro benzene ring substituents is 1. The summed E-state index contributed by atoms with van der Waals surface area (Å²) in [4.78, 5) is 24.0. The second-order valence-corrected chi connectivity index (χ2v) is 6.26. The standard InChI is InChI=1S/C12H12BrClN2O3/c1-12(2)6-15(10(17)5-14)11-8(12)3-7(13)4-9(11)16(18)19/h3-4H,5-6H2,1-2H3. The first kappa shape index (κ1) is 14.3. The zero-order valence-corrected chi connectivity index (χ0v) is 12.8. The molecule has 0 unspecified atom stereocenters. The Morgan fingerprint density at radius 1 is 1.58 bits per heavy atom. The lowest BCUT2D eigenvalue weighted by atomic mass is 9.87. The third kappa shape index (κ3) is 2.34. The normalized spacial score (nSPS) is 16.3. The van der Waals surface area contributed by atoms with Crippen molar-refractivity contribution < 1.29 is 9.72 Å². The van der Waals surface area contributed by atoms with E-state index in [0.29, 0.717) is 16.7 Å². The Balaban J connectivity index is 2.71. The first-order valence-electron chi connectivity index (χ1n) is 5.62. The van der Waals surface area contributed by atoms with E-state index in [0.717, 1.165) is 5.56 Å². The van der Waals surface area contributed by atoms with Gasteiger partial charge in [0.1, 0.15) is 11.6 Å². The highest BCUT2D eigenvalue weighted by Gasteiger charge is 2.42. The van der Waals surface area contributed by atoms with Gasteiger partial charge in [-0.1, -0.05) is 29.8 Å². The number of nitrogens with zero attached hydrogens (tertiary/aromatic N) is 2. The molecule has 1 aromatic carbocycles. The number of alkyl halides is 1. The monoisotopic (exact) mass is 346 g/mol. The number of halogens is 2. The molecule has 1 heterocycles. The van der Waals surface area contributed by atoms with Crippen molar-refractivity contribution in [3.8, 4) is 0 Å². The van der Waals surface area contributed by atoms with E-state index in [1.807, 2.05) is 19.9 Å². The highest BCUT2D eigenvalue weighted by Crippen LogP contribution is 2.47. The van der Waals surface area contributed by atoms with Crippen molar-refractivity contribution in [2.45, 2.75) is 19.3 Å².